The molecule has 2 aromatic heterocycles. The zero-order valence-corrected chi connectivity index (χ0v) is 29.9. The number of rotatable bonds is 15. The maximum absolute atomic E-state index is 15.0. The summed E-state index contributed by atoms with van der Waals surface area (Å²) in [5.74, 6) is -0.379. The van der Waals surface area contributed by atoms with E-state index in [0.29, 0.717) is 24.3 Å². The van der Waals surface area contributed by atoms with Crippen LogP contribution in [0.5, 0.6) is 5.75 Å². The summed E-state index contributed by atoms with van der Waals surface area (Å²) in [6, 6.07) is 16.0. The molecule has 4 aromatic rings. The molecule has 3 aliphatic rings. The summed E-state index contributed by atoms with van der Waals surface area (Å²) < 4.78 is 51.3. The monoisotopic (exact) mass is 716 g/mol. The lowest BCUT2D eigenvalue weighted by Crippen LogP contribution is -2.46. The lowest BCUT2D eigenvalue weighted by atomic mass is 9.92. The fourth-order valence-corrected chi connectivity index (χ4v) is 6.61. The molecule has 276 valence electrons. The molecule has 0 radical (unpaired) electrons. The Balaban J connectivity index is 0.887. The molecule has 2 fully saturated rings. The lowest BCUT2D eigenvalue weighted by Gasteiger charge is -2.37. The summed E-state index contributed by atoms with van der Waals surface area (Å²) in [6.07, 6.45) is 8.08. The molecule has 7 rings (SSSR count). The first-order chi connectivity index (χ1) is 25.1. The van der Waals surface area contributed by atoms with Crippen molar-refractivity contribution < 1.29 is 23.0 Å². The molecule has 2 unspecified atom stereocenters. The molecule has 3 atom stereocenters. The second-order valence-corrected chi connectivity index (χ2v) is 14.8. The number of hydrogen-bond donors (Lipinski definition) is 0. The number of piperazine rings is 1. The van der Waals surface area contributed by atoms with Crippen molar-refractivity contribution in [3.63, 3.8) is 0 Å². The zero-order valence-electron chi connectivity index (χ0n) is 29.9. The number of fused-ring (bicyclic) bond motifs is 1. The summed E-state index contributed by atoms with van der Waals surface area (Å²) in [5, 5.41) is 8.38. The predicted molar refractivity (Wildman–Crippen MR) is 193 cm³/mol. The molecule has 0 bridgehead atoms. The highest BCUT2D eigenvalue weighted by Crippen LogP contribution is 2.59. The van der Waals surface area contributed by atoms with Gasteiger partial charge in [-0.15, -0.1) is 0 Å². The Hall–Kier alpha value is -4.82. The van der Waals surface area contributed by atoms with E-state index in [1.165, 1.54) is 34.2 Å². The third-order valence-corrected chi connectivity index (χ3v) is 9.91. The Morgan fingerprint density at radius 1 is 0.904 bits per heavy atom. The van der Waals surface area contributed by atoms with E-state index < -0.39 is 23.7 Å². The molecule has 14 heteroatoms. The van der Waals surface area contributed by atoms with Gasteiger partial charge in [0.1, 0.15) is 49.6 Å². The molecule has 2 aliphatic carbocycles. The Labute approximate surface area is 301 Å². The van der Waals surface area contributed by atoms with Crippen molar-refractivity contribution in [3.8, 4) is 11.4 Å². The molecule has 1 saturated heterocycles. The van der Waals surface area contributed by atoms with E-state index in [1.54, 1.807) is 10.9 Å². The highest BCUT2D eigenvalue weighted by molar-refractivity contribution is 5.54. The summed E-state index contributed by atoms with van der Waals surface area (Å²) in [7, 11) is 0. The molecule has 0 spiro atoms. The molecule has 12 nitrogen and oxygen atoms in total. The van der Waals surface area contributed by atoms with Gasteiger partial charge in [-0.25, -0.2) is 32.5 Å². The zero-order chi connectivity index (χ0) is 36.3. The minimum atomic E-state index is -1.59. The number of hydrogen-bond acceptors (Lipinski definition) is 9. The van der Waals surface area contributed by atoms with Crippen LogP contribution in [0.2, 0.25) is 0 Å². The van der Waals surface area contributed by atoms with Crippen molar-refractivity contribution in [1.29, 1.82) is 0 Å². The van der Waals surface area contributed by atoms with Gasteiger partial charge >= 0.3 is 5.69 Å². The van der Waals surface area contributed by atoms with E-state index in [0.717, 1.165) is 49.7 Å². The minimum absolute atomic E-state index is 0.108. The second kappa shape index (κ2) is 15.0. The smallest absolute Gasteiger partial charge is 0.350 e. The Morgan fingerprint density at radius 2 is 1.58 bits per heavy atom. The molecule has 0 amide bonds. The SMILES string of the molecule is CC(C)(C)CCn1ncn(-c2ccc(N3CCN(c4ccc(OC[C@@H](OCCC5=CC=C(F)C6CC56F)OCn5cncn5)cc4)CC3)cc2)c1=O. The van der Waals surface area contributed by atoms with E-state index in [1.807, 2.05) is 36.4 Å². The van der Waals surface area contributed by atoms with Gasteiger partial charge in [0.15, 0.2) is 6.29 Å². The van der Waals surface area contributed by atoms with Gasteiger partial charge in [0, 0.05) is 44.1 Å². The van der Waals surface area contributed by atoms with E-state index >= 15 is 0 Å². The highest BCUT2D eigenvalue weighted by atomic mass is 19.2. The van der Waals surface area contributed by atoms with E-state index in [4.69, 9.17) is 14.2 Å². The van der Waals surface area contributed by atoms with Crippen LogP contribution in [0.4, 0.5) is 20.2 Å². The number of aryl methyl sites for hydroxylation is 1. The number of anilines is 2. The lowest BCUT2D eigenvalue weighted by molar-refractivity contribution is -0.178. The topological polar surface area (TPSA) is 105 Å². The van der Waals surface area contributed by atoms with Crippen LogP contribution in [-0.4, -0.2) is 80.5 Å². The third-order valence-electron chi connectivity index (χ3n) is 9.91. The van der Waals surface area contributed by atoms with Gasteiger partial charge in [0.2, 0.25) is 0 Å². The summed E-state index contributed by atoms with van der Waals surface area (Å²) >= 11 is 0. The fraction of sp³-hybridized carbons (Fsp3) is 0.474. The predicted octanol–water partition coefficient (Wildman–Crippen LogP) is 5.70. The van der Waals surface area contributed by atoms with Crippen molar-refractivity contribution in [2.24, 2.45) is 11.3 Å². The highest BCUT2D eigenvalue weighted by Gasteiger charge is 2.61. The summed E-state index contributed by atoms with van der Waals surface area (Å²) in [6.45, 7) is 10.9. The largest absolute Gasteiger partial charge is 0.488 e. The van der Waals surface area contributed by atoms with Gasteiger partial charge in [0.25, 0.3) is 0 Å². The number of aromatic nitrogens is 6. The van der Waals surface area contributed by atoms with E-state index in [9.17, 15) is 13.6 Å². The van der Waals surface area contributed by atoms with Crippen molar-refractivity contribution in [2.75, 3.05) is 49.2 Å². The van der Waals surface area contributed by atoms with Gasteiger partial charge < -0.3 is 24.0 Å². The summed E-state index contributed by atoms with van der Waals surface area (Å²) in [5.41, 5.74) is 1.99. The van der Waals surface area contributed by atoms with E-state index in [2.05, 4.69) is 57.9 Å². The number of ether oxygens (including phenoxy) is 3. The number of halogens is 2. The van der Waals surface area contributed by atoms with Crippen molar-refractivity contribution in [1.82, 2.24) is 29.1 Å². The first-order valence-corrected chi connectivity index (χ1v) is 17.8. The molecular formula is C38H46F2N8O4. The van der Waals surface area contributed by atoms with Crippen LogP contribution in [0, 0.1) is 11.3 Å². The van der Waals surface area contributed by atoms with Crippen LogP contribution in [-0.2, 0) is 22.7 Å². The minimum Gasteiger partial charge on any atom is -0.488 e. The van der Waals surface area contributed by atoms with Crippen molar-refractivity contribution in [3.05, 3.63) is 102 Å². The second-order valence-electron chi connectivity index (χ2n) is 14.8. The number of nitrogens with zero attached hydrogens (tertiary/aromatic N) is 8. The first kappa shape index (κ1) is 35.6. The summed E-state index contributed by atoms with van der Waals surface area (Å²) in [4.78, 5) is 21.5. The van der Waals surface area contributed by atoms with Crippen molar-refractivity contribution >= 4 is 11.4 Å². The Kier molecular flexibility index (Phi) is 10.3. The number of alkyl halides is 1. The fourth-order valence-electron chi connectivity index (χ4n) is 6.61. The van der Waals surface area contributed by atoms with Gasteiger partial charge in [0.05, 0.1) is 18.2 Å². The van der Waals surface area contributed by atoms with Gasteiger partial charge in [-0.1, -0.05) is 26.8 Å². The van der Waals surface area contributed by atoms with Crippen LogP contribution < -0.4 is 20.2 Å². The number of allylic oxidation sites excluding steroid dienone is 3. The standard InChI is InChI=1S/C38H46F2N8O4/c1-37(2,3)15-16-48-36(49)47(26-43-48)31-7-5-29(6-8-31)44-17-19-45(20-18-44)30-9-11-32(12-10-30)51-23-35(52-27-46-25-41-24-42-46)50-21-14-28-4-13-34(39)33-22-38(28,33)40/h4-13,24-26,33,35H,14-23,27H2,1-3H3/t33?,35-,38?/m0/s1. The molecule has 2 aromatic carbocycles. The van der Waals surface area contributed by atoms with E-state index in [-0.39, 0.29) is 37.5 Å². The third kappa shape index (κ3) is 8.28. The maximum atomic E-state index is 15.0. The molecule has 1 aliphatic heterocycles. The first-order valence-electron chi connectivity index (χ1n) is 17.8. The average Bonchev–Trinajstić information content (AvgIpc) is 3.42. The van der Waals surface area contributed by atoms with Crippen molar-refractivity contribution in [2.45, 2.75) is 65.3 Å². The van der Waals surface area contributed by atoms with Gasteiger partial charge in [-0.05, 0) is 84.9 Å². The van der Waals surface area contributed by atoms with Crippen LogP contribution >= 0.6 is 0 Å². The number of benzene rings is 2. The van der Waals surface area contributed by atoms with Crippen LogP contribution in [0.3, 0.4) is 0 Å². The quantitative estimate of drug-likeness (QED) is 0.144. The molecular weight excluding hydrogens is 670 g/mol. The van der Waals surface area contributed by atoms with Gasteiger partial charge in [-0.3, -0.25) is 0 Å². The van der Waals surface area contributed by atoms with Crippen LogP contribution in [0.1, 0.15) is 40.0 Å². The molecule has 0 N–H and O–H groups in total. The normalized spacial score (nSPS) is 20.7. The Bertz CT molecular complexity index is 1910. The molecule has 52 heavy (non-hydrogen) atoms. The Morgan fingerprint density at radius 3 is 2.23 bits per heavy atom. The molecule has 1 saturated carbocycles. The maximum Gasteiger partial charge on any atom is 0.350 e. The molecule has 3 heterocycles. The van der Waals surface area contributed by atoms with Crippen LogP contribution in [0.25, 0.3) is 5.69 Å². The average molecular weight is 717 g/mol. The van der Waals surface area contributed by atoms with Gasteiger partial charge in [-0.2, -0.15) is 10.2 Å². The van der Waals surface area contributed by atoms with Crippen LogP contribution in [0.15, 0.2) is 95.9 Å².